The molecule has 0 amide bonds. The monoisotopic (exact) mass is 203 g/mol. The molecule has 0 bridgehead atoms. The van der Waals surface area contributed by atoms with E-state index in [2.05, 4.69) is 26.9 Å². The van der Waals surface area contributed by atoms with Crippen LogP contribution < -0.4 is 5.90 Å². The van der Waals surface area contributed by atoms with Gasteiger partial charge < -0.3 is 9.82 Å². The molecule has 4 nitrogen and oxygen atoms in total. The average Bonchev–Trinajstić information content (AvgIpc) is 2.80. The quantitative estimate of drug-likeness (QED) is 0.740. The zero-order chi connectivity index (χ0) is 10.5. The van der Waals surface area contributed by atoms with Crippen LogP contribution in [0.5, 0.6) is 0 Å². The lowest BCUT2D eigenvalue weighted by Crippen LogP contribution is -2.03. The van der Waals surface area contributed by atoms with Gasteiger partial charge in [-0.1, -0.05) is 24.3 Å². The molecule has 0 aliphatic heterocycles. The van der Waals surface area contributed by atoms with Crippen molar-refractivity contribution in [1.29, 1.82) is 0 Å². The zero-order valence-corrected chi connectivity index (χ0v) is 8.31. The zero-order valence-electron chi connectivity index (χ0n) is 8.31. The molecule has 3 N–H and O–H groups in total. The highest BCUT2D eigenvalue weighted by molar-refractivity contribution is 5.55. The molecule has 0 unspecified atom stereocenters. The lowest BCUT2D eigenvalue weighted by atomic mass is 10.1. The minimum atomic E-state index is 0.542. The highest BCUT2D eigenvalue weighted by atomic mass is 16.6. The van der Waals surface area contributed by atoms with Crippen molar-refractivity contribution in [2.75, 3.05) is 6.61 Å². The van der Waals surface area contributed by atoms with Gasteiger partial charge in [-0.3, -0.25) is 0 Å². The van der Waals surface area contributed by atoms with E-state index < -0.39 is 0 Å². The predicted molar refractivity (Wildman–Crippen MR) is 57.9 cm³/mol. The van der Waals surface area contributed by atoms with Crippen LogP contribution in [-0.4, -0.2) is 16.6 Å². The molecule has 1 heterocycles. The molecular formula is C11H13N3O. The first-order chi connectivity index (χ1) is 7.40. The van der Waals surface area contributed by atoms with E-state index in [4.69, 9.17) is 5.90 Å². The van der Waals surface area contributed by atoms with Crippen LogP contribution in [0.2, 0.25) is 0 Å². The maximum atomic E-state index is 4.97. The standard InChI is InChI=1S/C11H13N3O/c12-15-8-5-9-1-3-10(4-2-9)11-13-6-7-14-11/h1-4,6-7H,5,8,12H2,(H,13,14). The van der Waals surface area contributed by atoms with Crippen molar-refractivity contribution in [2.24, 2.45) is 5.90 Å². The second-order valence-electron chi connectivity index (χ2n) is 3.26. The first kappa shape index (κ1) is 9.89. The molecular weight excluding hydrogens is 190 g/mol. The summed E-state index contributed by atoms with van der Waals surface area (Å²) in [5.74, 6) is 5.85. The predicted octanol–water partition coefficient (Wildman–Crippen LogP) is 1.51. The fraction of sp³-hybridized carbons (Fsp3) is 0.182. The van der Waals surface area contributed by atoms with Crippen LogP contribution >= 0.6 is 0 Å². The Morgan fingerprint density at radius 1 is 1.27 bits per heavy atom. The average molecular weight is 203 g/mol. The lowest BCUT2D eigenvalue weighted by Gasteiger charge is -2.01. The number of nitrogens with one attached hydrogen (secondary N) is 1. The van der Waals surface area contributed by atoms with Gasteiger partial charge in [-0.15, -0.1) is 0 Å². The Balaban J connectivity index is 2.11. The van der Waals surface area contributed by atoms with E-state index in [1.807, 2.05) is 18.3 Å². The van der Waals surface area contributed by atoms with Crippen LogP contribution in [0.1, 0.15) is 5.56 Å². The number of rotatable bonds is 4. The second kappa shape index (κ2) is 4.72. The van der Waals surface area contributed by atoms with Gasteiger partial charge in [0.05, 0.1) is 6.61 Å². The van der Waals surface area contributed by atoms with Crippen molar-refractivity contribution < 1.29 is 4.84 Å². The number of benzene rings is 1. The first-order valence-corrected chi connectivity index (χ1v) is 4.80. The molecule has 78 valence electrons. The SMILES string of the molecule is NOCCc1ccc(-c2ncc[nH]2)cc1. The number of nitrogens with two attached hydrogens (primary N) is 1. The largest absolute Gasteiger partial charge is 0.345 e. The van der Waals surface area contributed by atoms with Crippen LogP contribution in [0.3, 0.4) is 0 Å². The van der Waals surface area contributed by atoms with Gasteiger partial charge in [-0.05, 0) is 12.0 Å². The van der Waals surface area contributed by atoms with Crippen LogP contribution in [0, 0.1) is 0 Å². The van der Waals surface area contributed by atoms with Gasteiger partial charge in [-0.2, -0.15) is 0 Å². The minimum absolute atomic E-state index is 0.542. The Morgan fingerprint density at radius 3 is 2.67 bits per heavy atom. The van der Waals surface area contributed by atoms with E-state index >= 15 is 0 Å². The molecule has 0 saturated heterocycles. The third-order valence-electron chi connectivity index (χ3n) is 2.23. The third-order valence-corrected chi connectivity index (χ3v) is 2.23. The van der Waals surface area contributed by atoms with E-state index in [-0.39, 0.29) is 0 Å². The number of H-pyrrole nitrogens is 1. The molecule has 0 atom stereocenters. The van der Waals surface area contributed by atoms with E-state index in [0.29, 0.717) is 6.61 Å². The molecule has 4 heteroatoms. The summed E-state index contributed by atoms with van der Waals surface area (Å²) < 4.78 is 0. The summed E-state index contributed by atoms with van der Waals surface area (Å²) in [5, 5.41) is 0. The van der Waals surface area contributed by atoms with Crippen LogP contribution in [0.4, 0.5) is 0 Å². The van der Waals surface area contributed by atoms with Crippen LogP contribution in [-0.2, 0) is 11.3 Å². The van der Waals surface area contributed by atoms with Crippen molar-refractivity contribution in [3.63, 3.8) is 0 Å². The summed E-state index contributed by atoms with van der Waals surface area (Å²) in [6.07, 6.45) is 4.38. The topological polar surface area (TPSA) is 63.9 Å². The van der Waals surface area contributed by atoms with Gasteiger partial charge >= 0.3 is 0 Å². The normalized spacial score (nSPS) is 10.5. The number of nitrogens with zero attached hydrogens (tertiary/aromatic N) is 1. The van der Waals surface area contributed by atoms with Crippen molar-refractivity contribution in [3.05, 3.63) is 42.2 Å². The Labute approximate surface area is 88.1 Å². The number of aromatic nitrogens is 2. The number of aromatic amines is 1. The third kappa shape index (κ3) is 2.43. The minimum Gasteiger partial charge on any atom is -0.345 e. The summed E-state index contributed by atoms with van der Waals surface area (Å²) in [6, 6.07) is 8.17. The van der Waals surface area contributed by atoms with Gasteiger partial charge in [0.1, 0.15) is 5.82 Å². The van der Waals surface area contributed by atoms with E-state index in [1.54, 1.807) is 6.20 Å². The maximum Gasteiger partial charge on any atom is 0.137 e. The summed E-state index contributed by atoms with van der Waals surface area (Å²) in [6.45, 7) is 0.542. The molecule has 0 saturated carbocycles. The molecule has 0 spiro atoms. The van der Waals surface area contributed by atoms with E-state index in [9.17, 15) is 0 Å². The maximum absolute atomic E-state index is 4.97. The summed E-state index contributed by atoms with van der Waals surface area (Å²) in [5.41, 5.74) is 2.29. The molecule has 0 fully saturated rings. The fourth-order valence-corrected chi connectivity index (χ4v) is 1.43. The molecule has 0 aliphatic carbocycles. The second-order valence-corrected chi connectivity index (χ2v) is 3.26. The van der Waals surface area contributed by atoms with Crippen molar-refractivity contribution in [3.8, 4) is 11.4 Å². The molecule has 2 rings (SSSR count). The Kier molecular flexibility index (Phi) is 3.11. The number of hydrogen-bond acceptors (Lipinski definition) is 3. The van der Waals surface area contributed by atoms with Crippen molar-refractivity contribution in [1.82, 2.24) is 9.97 Å². The molecule has 0 radical (unpaired) electrons. The van der Waals surface area contributed by atoms with Crippen molar-refractivity contribution >= 4 is 0 Å². The van der Waals surface area contributed by atoms with Gasteiger partial charge in [0, 0.05) is 18.0 Å². The van der Waals surface area contributed by atoms with E-state index in [0.717, 1.165) is 17.8 Å². The molecule has 1 aromatic heterocycles. The highest BCUT2D eigenvalue weighted by Crippen LogP contribution is 2.15. The molecule has 1 aromatic carbocycles. The van der Waals surface area contributed by atoms with Crippen LogP contribution in [0.15, 0.2) is 36.7 Å². The van der Waals surface area contributed by atoms with Crippen molar-refractivity contribution in [2.45, 2.75) is 6.42 Å². The van der Waals surface area contributed by atoms with Gasteiger partial charge in [0.2, 0.25) is 0 Å². The van der Waals surface area contributed by atoms with Gasteiger partial charge in [-0.25, -0.2) is 10.9 Å². The number of imidazole rings is 1. The van der Waals surface area contributed by atoms with Gasteiger partial charge in [0.25, 0.3) is 0 Å². The summed E-state index contributed by atoms with van der Waals surface area (Å²) in [4.78, 5) is 11.8. The molecule has 15 heavy (non-hydrogen) atoms. The Bertz CT molecular complexity index is 394. The number of hydrogen-bond donors (Lipinski definition) is 2. The lowest BCUT2D eigenvalue weighted by molar-refractivity contribution is 0.141. The van der Waals surface area contributed by atoms with Gasteiger partial charge in [0.15, 0.2) is 0 Å². The fourth-order valence-electron chi connectivity index (χ4n) is 1.43. The Hall–Kier alpha value is -1.65. The molecule has 2 aromatic rings. The summed E-state index contributed by atoms with van der Waals surface area (Å²) >= 11 is 0. The van der Waals surface area contributed by atoms with E-state index in [1.165, 1.54) is 5.56 Å². The highest BCUT2D eigenvalue weighted by Gasteiger charge is 1.99. The molecule has 0 aliphatic rings. The summed E-state index contributed by atoms with van der Waals surface area (Å²) in [7, 11) is 0. The smallest absolute Gasteiger partial charge is 0.137 e. The Morgan fingerprint density at radius 2 is 2.07 bits per heavy atom. The van der Waals surface area contributed by atoms with Crippen LogP contribution in [0.25, 0.3) is 11.4 Å². The first-order valence-electron chi connectivity index (χ1n) is 4.80.